The molecule has 1 fully saturated rings. The van der Waals surface area contributed by atoms with Crippen LogP contribution in [0.1, 0.15) is 0 Å². The molecule has 0 saturated carbocycles. The summed E-state index contributed by atoms with van der Waals surface area (Å²) in [5, 5.41) is 19.0. The lowest BCUT2D eigenvalue weighted by Gasteiger charge is -2.26. The first kappa shape index (κ1) is 10.1. The number of hydrogen-bond donors (Lipinski definition) is 1. The van der Waals surface area contributed by atoms with E-state index in [2.05, 4.69) is 10.3 Å². The second kappa shape index (κ2) is 4.86. The highest BCUT2D eigenvalue weighted by atomic mass is 16.6. The number of aliphatic hydroxyl groups is 1. The average molecular weight is 207 g/mol. The van der Waals surface area contributed by atoms with Gasteiger partial charge in [-0.3, -0.25) is 5.01 Å². The summed E-state index contributed by atoms with van der Waals surface area (Å²) in [6.07, 6.45) is -0.756. The van der Waals surface area contributed by atoms with Gasteiger partial charge in [0.1, 0.15) is 0 Å². The van der Waals surface area contributed by atoms with Crippen molar-refractivity contribution in [1.82, 2.24) is 5.01 Å². The topological polar surface area (TPSA) is 57.4 Å². The summed E-state index contributed by atoms with van der Waals surface area (Å²) < 4.78 is 4.97. The SMILES string of the molecule is OC1CN(N=Nc2ccccc2)CCO1. The maximum Gasteiger partial charge on any atom is 0.173 e. The molecule has 0 aromatic heterocycles. The summed E-state index contributed by atoms with van der Waals surface area (Å²) in [7, 11) is 0. The number of aliphatic hydroxyl groups excluding tert-OH is 1. The van der Waals surface area contributed by atoms with Crippen LogP contribution in [0.2, 0.25) is 0 Å². The maximum absolute atomic E-state index is 9.21. The molecule has 0 spiro atoms. The van der Waals surface area contributed by atoms with Gasteiger partial charge in [0.2, 0.25) is 0 Å². The Kier molecular flexibility index (Phi) is 3.26. The summed E-state index contributed by atoms with van der Waals surface area (Å²) in [5.41, 5.74) is 0.804. The quantitative estimate of drug-likeness (QED) is 0.744. The van der Waals surface area contributed by atoms with Gasteiger partial charge in [0.05, 0.1) is 25.4 Å². The van der Waals surface area contributed by atoms with Gasteiger partial charge in [-0.2, -0.15) is 0 Å². The van der Waals surface area contributed by atoms with Crippen molar-refractivity contribution in [1.29, 1.82) is 0 Å². The van der Waals surface area contributed by atoms with Gasteiger partial charge in [0.15, 0.2) is 6.29 Å². The van der Waals surface area contributed by atoms with Gasteiger partial charge in [0.25, 0.3) is 0 Å². The third-order valence-corrected chi connectivity index (χ3v) is 2.07. The van der Waals surface area contributed by atoms with Gasteiger partial charge in [-0.05, 0) is 12.1 Å². The van der Waals surface area contributed by atoms with Gasteiger partial charge < -0.3 is 9.84 Å². The van der Waals surface area contributed by atoms with Crippen LogP contribution in [0.15, 0.2) is 40.7 Å². The molecular formula is C10H13N3O2. The van der Waals surface area contributed by atoms with Crippen molar-refractivity contribution in [3.05, 3.63) is 30.3 Å². The molecule has 0 bridgehead atoms. The maximum atomic E-state index is 9.21. The number of nitrogens with zero attached hydrogens (tertiary/aromatic N) is 3. The number of β-amino-alcohol motifs (C(OH)–C–C–N with tert-alkyl or cyclic N) is 1. The van der Waals surface area contributed by atoms with E-state index in [1.807, 2.05) is 30.3 Å². The smallest absolute Gasteiger partial charge is 0.173 e. The molecule has 0 radical (unpaired) electrons. The van der Waals surface area contributed by atoms with Gasteiger partial charge in [-0.1, -0.05) is 23.4 Å². The van der Waals surface area contributed by atoms with Crippen LogP contribution in [0.3, 0.4) is 0 Å². The Morgan fingerprint density at radius 1 is 1.33 bits per heavy atom. The molecular weight excluding hydrogens is 194 g/mol. The third-order valence-electron chi connectivity index (χ3n) is 2.07. The Bertz CT molecular complexity index is 329. The average Bonchev–Trinajstić information content (AvgIpc) is 2.28. The predicted molar refractivity (Wildman–Crippen MR) is 54.5 cm³/mol. The van der Waals surface area contributed by atoms with Crippen LogP contribution in [-0.4, -0.2) is 36.1 Å². The summed E-state index contributed by atoms with van der Waals surface area (Å²) in [4.78, 5) is 0. The van der Waals surface area contributed by atoms with Crippen molar-refractivity contribution in [2.75, 3.05) is 19.7 Å². The Morgan fingerprint density at radius 3 is 2.87 bits per heavy atom. The molecule has 0 aliphatic carbocycles. The molecule has 1 unspecified atom stereocenters. The van der Waals surface area contributed by atoms with E-state index in [0.717, 1.165) is 5.69 Å². The predicted octanol–water partition coefficient (Wildman–Crippen LogP) is 1.34. The van der Waals surface area contributed by atoms with Gasteiger partial charge in [-0.25, -0.2) is 0 Å². The van der Waals surface area contributed by atoms with Crippen LogP contribution >= 0.6 is 0 Å². The number of morpholine rings is 1. The molecule has 1 heterocycles. The molecule has 5 nitrogen and oxygen atoms in total. The Morgan fingerprint density at radius 2 is 2.13 bits per heavy atom. The molecule has 2 rings (SSSR count). The minimum atomic E-state index is -0.756. The van der Waals surface area contributed by atoms with E-state index in [1.165, 1.54) is 0 Å². The first-order chi connectivity index (χ1) is 7.34. The fourth-order valence-electron chi connectivity index (χ4n) is 1.31. The zero-order valence-electron chi connectivity index (χ0n) is 8.28. The first-order valence-corrected chi connectivity index (χ1v) is 4.86. The molecule has 1 saturated heterocycles. The largest absolute Gasteiger partial charge is 0.366 e. The lowest BCUT2D eigenvalue weighted by molar-refractivity contribution is -0.147. The van der Waals surface area contributed by atoms with E-state index in [0.29, 0.717) is 19.7 Å². The van der Waals surface area contributed by atoms with Gasteiger partial charge in [0, 0.05) is 0 Å². The lowest BCUT2D eigenvalue weighted by Crippen LogP contribution is -2.38. The van der Waals surface area contributed by atoms with E-state index >= 15 is 0 Å². The second-order valence-corrected chi connectivity index (χ2v) is 3.26. The molecule has 15 heavy (non-hydrogen) atoms. The van der Waals surface area contributed by atoms with Gasteiger partial charge in [-0.15, -0.1) is 5.11 Å². The molecule has 1 aromatic rings. The van der Waals surface area contributed by atoms with Crippen molar-refractivity contribution < 1.29 is 9.84 Å². The van der Waals surface area contributed by atoms with Crippen LogP contribution in [0.4, 0.5) is 5.69 Å². The fourth-order valence-corrected chi connectivity index (χ4v) is 1.31. The Balaban J connectivity index is 1.93. The molecule has 1 atom stereocenters. The second-order valence-electron chi connectivity index (χ2n) is 3.26. The number of ether oxygens (including phenoxy) is 1. The first-order valence-electron chi connectivity index (χ1n) is 4.86. The lowest BCUT2D eigenvalue weighted by atomic mass is 10.3. The zero-order valence-corrected chi connectivity index (χ0v) is 8.28. The van der Waals surface area contributed by atoms with Gasteiger partial charge >= 0.3 is 0 Å². The van der Waals surface area contributed by atoms with Crippen molar-refractivity contribution in [3.63, 3.8) is 0 Å². The van der Waals surface area contributed by atoms with Crippen molar-refractivity contribution in [2.24, 2.45) is 10.3 Å². The highest BCUT2D eigenvalue weighted by molar-refractivity contribution is 5.34. The summed E-state index contributed by atoms with van der Waals surface area (Å²) >= 11 is 0. The van der Waals surface area contributed by atoms with Crippen LogP contribution < -0.4 is 0 Å². The molecule has 1 aromatic carbocycles. The Hall–Kier alpha value is -1.46. The van der Waals surface area contributed by atoms with E-state index in [4.69, 9.17) is 4.74 Å². The normalized spacial score (nSPS) is 22.2. The van der Waals surface area contributed by atoms with E-state index in [-0.39, 0.29) is 0 Å². The third kappa shape index (κ3) is 3.00. The number of benzene rings is 1. The zero-order chi connectivity index (χ0) is 10.5. The van der Waals surface area contributed by atoms with Crippen molar-refractivity contribution >= 4 is 5.69 Å². The highest BCUT2D eigenvalue weighted by Gasteiger charge is 2.16. The monoisotopic (exact) mass is 207 g/mol. The van der Waals surface area contributed by atoms with Crippen LogP contribution in [-0.2, 0) is 4.74 Å². The molecule has 1 aliphatic heterocycles. The minimum Gasteiger partial charge on any atom is -0.366 e. The van der Waals surface area contributed by atoms with E-state index < -0.39 is 6.29 Å². The fraction of sp³-hybridized carbons (Fsp3) is 0.400. The number of rotatable bonds is 2. The minimum absolute atomic E-state index is 0.371. The molecule has 0 amide bonds. The van der Waals surface area contributed by atoms with Crippen LogP contribution in [0, 0.1) is 0 Å². The summed E-state index contributed by atoms with van der Waals surface area (Å²) in [5.74, 6) is 0. The van der Waals surface area contributed by atoms with Crippen molar-refractivity contribution in [3.8, 4) is 0 Å². The summed E-state index contributed by atoms with van der Waals surface area (Å²) in [6, 6.07) is 9.49. The molecule has 1 aliphatic rings. The van der Waals surface area contributed by atoms with E-state index in [1.54, 1.807) is 5.01 Å². The van der Waals surface area contributed by atoms with E-state index in [9.17, 15) is 5.11 Å². The summed E-state index contributed by atoms with van der Waals surface area (Å²) in [6.45, 7) is 1.51. The molecule has 1 N–H and O–H groups in total. The number of hydrogen-bond acceptors (Lipinski definition) is 4. The Labute approximate surface area is 88.0 Å². The van der Waals surface area contributed by atoms with Crippen LogP contribution in [0.25, 0.3) is 0 Å². The molecule has 80 valence electrons. The van der Waals surface area contributed by atoms with Crippen LogP contribution in [0.5, 0.6) is 0 Å². The van der Waals surface area contributed by atoms with Crippen molar-refractivity contribution in [2.45, 2.75) is 6.29 Å². The highest BCUT2D eigenvalue weighted by Crippen LogP contribution is 2.12. The molecule has 5 heteroatoms. The standard InChI is InChI=1S/C10H13N3O2/c14-10-8-13(6-7-15-10)12-11-9-4-2-1-3-5-9/h1-5,10,14H,6-8H2.